The molecule has 1 saturated heterocycles. The highest BCUT2D eigenvalue weighted by Gasteiger charge is 2.17. The number of carbonyl (C=O) groups is 1. The first kappa shape index (κ1) is 19.8. The van der Waals surface area contributed by atoms with E-state index in [1.165, 1.54) is 0 Å². The Morgan fingerprint density at radius 3 is 2.63 bits per heavy atom. The van der Waals surface area contributed by atoms with E-state index in [0.717, 1.165) is 49.7 Å². The summed E-state index contributed by atoms with van der Waals surface area (Å²) in [5, 5.41) is 4.40. The first-order valence-electron chi connectivity index (χ1n) is 9.97. The zero-order valence-electron chi connectivity index (χ0n) is 17.0. The van der Waals surface area contributed by atoms with Crippen LogP contribution in [0.5, 0.6) is 0 Å². The molecule has 2 aromatic heterocycles. The molecule has 154 valence electrons. The van der Waals surface area contributed by atoms with E-state index in [4.69, 9.17) is 5.73 Å². The van der Waals surface area contributed by atoms with Gasteiger partial charge in [0, 0.05) is 61.9 Å². The first-order chi connectivity index (χ1) is 14.6. The number of nitrogens with zero attached hydrogens (tertiary/aromatic N) is 6. The number of piperazine rings is 1. The van der Waals surface area contributed by atoms with Crippen molar-refractivity contribution in [3.63, 3.8) is 0 Å². The van der Waals surface area contributed by atoms with Crippen LogP contribution in [0.2, 0.25) is 0 Å². The molecular formula is C22H25N7O. The second-order valence-electron chi connectivity index (χ2n) is 7.25. The zero-order chi connectivity index (χ0) is 20.9. The molecule has 0 aliphatic carbocycles. The second kappa shape index (κ2) is 8.87. The number of carbonyl (C=O) groups excluding carboxylic acids is 1. The van der Waals surface area contributed by atoms with Gasteiger partial charge in [-0.3, -0.25) is 9.69 Å². The van der Waals surface area contributed by atoms with Crippen LogP contribution in [-0.4, -0.2) is 63.3 Å². The molecule has 1 aromatic carbocycles. The van der Waals surface area contributed by atoms with Crippen molar-refractivity contribution >= 4 is 17.7 Å². The van der Waals surface area contributed by atoms with Crippen LogP contribution < -0.4 is 10.6 Å². The highest BCUT2D eigenvalue weighted by Crippen LogP contribution is 2.18. The van der Waals surface area contributed by atoms with Gasteiger partial charge < -0.3 is 10.6 Å². The summed E-state index contributed by atoms with van der Waals surface area (Å²) < 4.78 is 1.75. The molecule has 0 radical (unpaired) electrons. The third kappa shape index (κ3) is 4.38. The standard InChI is InChI=1S/C22H25N7O/c1-17-19(16-26-29(17)22-24-8-4-9-25-22)6-3-10-27-11-13-28(14-12-27)20-7-2-5-18(15-20)21(23)30/h2-9,15-16H,10-14H2,1H3,(H2,23,30). The van der Waals surface area contributed by atoms with E-state index in [-0.39, 0.29) is 0 Å². The summed E-state index contributed by atoms with van der Waals surface area (Å²) in [7, 11) is 0. The number of anilines is 1. The van der Waals surface area contributed by atoms with Crippen molar-refractivity contribution in [3.05, 3.63) is 71.8 Å². The molecule has 30 heavy (non-hydrogen) atoms. The van der Waals surface area contributed by atoms with Gasteiger partial charge in [-0.1, -0.05) is 18.2 Å². The third-order valence-electron chi connectivity index (χ3n) is 5.32. The molecule has 0 unspecified atom stereocenters. The van der Waals surface area contributed by atoms with Crippen LogP contribution in [0.1, 0.15) is 21.6 Å². The minimum atomic E-state index is -0.391. The largest absolute Gasteiger partial charge is 0.369 e. The average molecular weight is 403 g/mol. The van der Waals surface area contributed by atoms with E-state index in [1.807, 2.05) is 31.3 Å². The van der Waals surface area contributed by atoms with Crippen molar-refractivity contribution in [2.75, 3.05) is 37.6 Å². The Bertz CT molecular complexity index is 1040. The van der Waals surface area contributed by atoms with Gasteiger partial charge >= 0.3 is 0 Å². The van der Waals surface area contributed by atoms with Crippen molar-refractivity contribution in [2.24, 2.45) is 5.73 Å². The van der Waals surface area contributed by atoms with Crippen LogP contribution in [0.4, 0.5) is 5.69 Å². The highest BCUT2D eigenvalue weighted by molar-refractivity contribution is 5.93. The molecule has 0 spiro atoms. The number of rotatable bonds is 6. The lowest BCUT2D eigenvalue weighted by atomic mass is 10.1. The van der Waals surface area contributed by atoms with Gasteiger partial charge in [-0.25, -0.2) is 14.6 Å². The molecule has 3 aromatic rings. The zero-order valence-corrected chi connectivity index (χ0v) is 17.0. The van der Waals surface area contributed by atoms with Crippen molar-refractivity contribution in [3.8, 4) is 5.95 Å². The maximum absolute atomic E-state index is 11.4. The van der Waals surface area contributed by atoms with E-state index in [9.17, 15) is 4.79 Å². The fourth-order valence-corrected chi connectivity index (χ4v) is 3.56. The summed E-state index contributed by atoms with van der Waals surface area (Å²) in [4.78, 5) is 24.6. The normalized spacial score (nSPS) is 15.0. The van der Waals surface area contributed by atoms with Gasteiger partial charge in [0.25, 0.3) is 5.95 Å². The summed E-state index contributed by atoms with van der Waals surface area (Å²) in [5.41, 5.74) is 9.07. The van der Waals surface area contributed by atoms with E-state index >= 15 is 0 Å². The Labute approximate surface area is 175 Å². The monoisotopic (exact) mass is 403 g/mol. The second-order valence-corrected chi connectivity index (χ2v) is 7.25. The van der Waals surface area contributed by atoms with Crippen LogP contribution in [0, 0.1) is 6.92 Å². The van der Waals surface area contributed by atoms with Gasteiger partial charge in [0.05, 0.1) is 11.9 Å². The molecule has 3 heterocycles. The van der Waals surface area contributed by atoms with Crippen LogP contribution in [-0.2, 0) is 0 Å². The Hall–Kier alpha value is -3.52. The average Bonchev–Trinajstić information content (AvgIpc) is 3.15. The molecule has 8 nitrogen and oxygen atoms in total. The predicted octanol–water partition coefficient (Wildman–Crippen LogP) is 1.91. The molecular weight excluding hydrogens is 378 g/mol. The summed E-state index contributed by atoms with van der Waals surface area (Å²) >= 11 is 0. The number of hydrogen-bond donors (Lipinski definition) is 1. The van der Waals surface area contributed by atoms with Crippen molar-refractivity contribution in [1.82, 2.24) is 24.6 Å². The Morgan fingerprint density at radius 1 is 1.13 bits per heavy atom. The maximum Gasteiger partial charge on any atom is 0.250 e. The molecule has 8 heteroatoms. The topological polar surface area (TPSA) is 93.2 Å². The number of hydrogen-bond acceptors (Lipinski definition) is 6. The van der Waals surface area contributed by atoms with Gasteiger partial charge in [0.2, 0.25) is 5.91 Å². The molecule has 0 bridgehead atoms. The lowest BCUT2D eigenvalue weighted by Crippen LogP contribution is -2.46. The summed E-state index contributed by atoms with van der Waals surface area (Å²) in [6.45, 7) is 6.64. The minimum Gasteiger partial charge on any atom is -0.369 e. The summed E-state index contributed by atoms with van der Waals surface area (Å²) in [6.07, 6.45) is 9.53. The quantitative estimate of drug-likeness (QED) is 0.676. The lowest BCUT2D eigenvalue weighted by molar-refractivity contribution is 0.100. The van der Waals surface area contributed by atoms with Crippen LogP contribution in [0.15, 0.2) is 55.0 Å². The Balaban J connectivity index is 1.32. The Morgan fingerprint density at radius 2 is 1.90 bits per heavy atom. The molecule has 1 aliphatic rings. The summed E-state index contributed by atoms with van der Waals surface area (Å²) in [5.74, 6) is 0.184. The minimum absolute atomic E-state index is 0.391. The molecule has 1 amide bonds. The van der Waals surface area contributed by atoms with Crippen LogP contribution >= 0.6 is 0 Å². The lowest BCUT2D eigenvalue weighted by Gasteiger charge is -2.35. The van der Waals surface area contributed by atoms with Crippen molar-refractivity contribution < 1.29 is 4.79 Å². The molecule has 1 aliphatic heterocycles. The van der Waals surface area contributed by atoms with Gasteiger partial charge in [-0.05, 0) is 31.2 Å². The summed E-state index contributed by atoms with van der Waals surface area (Å²) in [6, 6.07) is 9.32. The van der Waals surface area contributed by atoms with E-state index in [1.54, 1.807) is 29.2 Å². The molecule has 0 saturated carbocycles. The van der Waals surface area contributed by atoms with Gasteiger partial charge in [-0.15, -0.1) is 0 Å². The number of primary amides is 1. The number of benzene rings is 1. The number of amides is 1. The first-order valence-corrected chi connectivity index (χ1v) is 9.97. The fourth-order valence-electron chi connectivity index (χ4n) is 3.56. The molecule has 2 N–H and O–H groups in total. The fraction of sp³-hybridized carbons (Fsp3) is 0.273. The Kier molecular flexibility index (Phi) is 5.85. The molecule has 1 fully saturated rings. The van der Waals surface area contributed by atoms with E-state index in [2.05, 4.69) is 37.0 Å². The van der Waals surface area contributed by atoms with E-state index in [0.29, 0.717) is 11.5 Å². The molecule has 0 atom stereocenters. The highest BCUT2D eigenvalue weighted by atomic mass is 16.1. The number of aromatic nitrogens is 4. The SMILES string of the molecule is Cc1c(C=CCN2CCN(c3cccc(C(N)=O)c3)CC2)cnn1-c1ncccn1. The van der Waals surface area contributed by atoms with Gasteiger partial charge in [0.1, 0.15) is 0 Å². The van der Waals surface area contributed by atoms with E-state index < -0.39 is 5.91 Å². The van der Waals surface area contributed by atoms with Crippen molar-refractivity contribution in [2.45, 2.75) is 6.92 Å². The van der Waals surface area contributed by atoms with Crippen LogP contribution in [0.25, 0.3) is 12.0 Å². The van der Waals surface area contributed by atoms with Crippen molar-refractivity contribution in [1.29, 1.82) is 0 Å². The third-order valence-corrected chi connectivity index (χ3v) is 5.32. The maximum atomic E-state index is 11.4. The molecule has 4 rings (SSSR count). The predicted molar refractivity (Wildman–Crippen MR) is 117 cm³/mol. The number of nitrogens with two attached hydrogens (primary N) is 1. The van der Waals surface area contributed by atoms with Crippen LogP contribution in [0.3, 0.4) is 0 Å². The smallest absolute Gasteiger partial charge is 0.250 e. The van der Waals surface area contributed by atoms with Gasteiger partial charge in [0.15, 0.2) is 0 Å². The van der Waals surface area contributed by atoms with Gasteiger partial charge in [-0.2, -0.15) is 5.10 Å².